The molecule has 0 aliphatic carbocycles. The molecule has 0 unspecified atom stereocenters. The summed E-state index contributed by atoms with van der Waals surface area (Å²) >= 11 is 3.77. The van der Waals surface area contributed by atoms with Crippen LogP contribution >= 0.6 is 22.7 Å². The molecule has 494 valence electrons. The molecule has 0 spiro atoms. The van der Waals surface area contributed by atoms with Crippen molar-refractivity contribution in [2.45, 2.75) is 0 Å². The van der Waals surface area contributed by atoms with E-state index in [-0.39, 0.29) is 0 Å². The Morgan fingerprint density at radius 2 is 0.472 bits per heavy atom. The molecule has 4 heteroatoms. The molecule has 2 aromatic heterocycles. The van der Waals surface area contributed by atoms with Crippen LogP contribution in [0, 0.1) is 0 Å². The Bertz CT molecular complexity index is 6950. The van der Waals surface area contributed by atoms with E-state index in [1.807, 2.05) is 22.7 Å². The summed E-state index contributed by atoms with van der Waals surface area (Å²) in [5, 5.41) is 20.2. The van der Waals surface area contributed by atoms with Crippen LogP contribution in [-0.4, -0.2) is 0 Å². The van der Waals surface area contributed by atoms with E-state index in [2.05, 4.69) is 398 Å². The second-order valence-electron chi connectivity index (χ2n) is 27.7. The molecule has 0 atom stereocenters. The Morgan fingerprint density at radius 3 is 0.972 bits per heavy atom. The highest BCUT2D eigenvalue weighted by atomic mass is 32.1. The van der Waals surface area contributed by atoms with Crippen LogP contribution in [0.15, 0.2) is 388 Å². The van der Waals surface area contributed by atoms with Crippen molar-refractivity contribution in [2.75, 3.05) is 9.80 Å². The smallest absolute Gasteiger partial charge is 0.0554 e. The van der Waals surface area contributed by atoms with Gasteiger partial charge in [-0.1, -0.05) is 303 Å². The van der Waals surface area contributed by atoms with Crippen molar-refractivity contribution in [3.8, 4) is 66.8 Å². The highest BCUT2D eigenvalue weighted by Crippen LogP contribution is 2.52. The van der Waals surface area contributed by atoms with E-state index in [1.54, 1.807) is 0 Å². The zero-order chi connectivity index (χ0) is 69.8. The summed E-state index contributed by atoms with van der Waals surface area (Å²) in [6.07, 6.45) is 0. The zero-order valence-electron chi connectivity index (χ0n) is 57.7. The highest BCUT2D eigenvalue weighted by molar-refractivity contribution is 7.26. The van der Waals surface area contributed by atoms with Crippen molar-refractivity contribution in [1.82, 2.24) is 0 Å². The average molecular weight is 1380 g/mol. The fraction of sp³-hybridized carbons (Fsp3) is 0. The van der Waals surface area contributed by atoms with Crippen LogP contribution < -0.4 is 9.80 Å². The molecule has 0 saturated heterocycles. The molecule has 0 amide bonds. The van der Waals surface area contributed by atoms with E-state index < -0.39 is 0 Å². The first kappa shape index (κ1) is 61.4. The maximum Gasteiger partial charge on any atom is 0.0554 e. The van der Waals surface area contributed by atoms with E-state index >= 15 is 0 Å². The Balaban J connectivity index is 0.629. The van der Waals surface area contributed by atoms with Gasteiger partial charge in [0.05, 0.1) is 5.69 Å². The molecule has 19 aromatic carbocycles. The number of hydrogen-bond donors (Lipinski definition) is 0. The highest BCUT2D eigenvalue weighted by Gasteiger charge is 2.25. The van der Waals surface area contributed by atoms with Crippen molar-refractivity contribution in [2.24, 2.45) is 0 Å². The molecule has 21 rings (SSSR count). The Labute approximate surface area is 622 Å². The second-order valence-corrected chi connectivity index (χ2v) is 29.8. The molecule has 2 heterocycles. The van der Waals surface area contributed by atoms with Crippen molar-refractivity contribution in [3.63, 3.8) is 0 Å². The van der Waals surface area contributed by atoms with Crippen molar-refractivity contribution < 1.29 is 0 Å². The van der Waals surface area contributed by atoms with Crippen molar-refractivity contribution in [1.29, 1.82) is 0 Å². The summed E-state index contributed by atoms with van der Waals surface area (Å²) in [5.41, 5.74) is 20.9. The number of anilines is 6. The van der Waals surface area contributed by atoms with Gasteiger partial charge in [0, 0.05) is 79.9 Å². The summed E-state index contributed by atoms with van der Waals surface area (Å²) in [7, 11) is 0. The van der Waals surface area contributed by atoms with Crippen LogP contribution in [0.5, 0.6) is 0 Å². The third kappa shape index (κ3) is 10.3. The topological polar surface area (TPSA) is 6.48 Å². The standard InChI is InChI=1S/C102H64N2S2/c1-4-20-65(21-5-1)67-40-47-74(48-41-67)103(77-53-55-88-84-30-12-10-26-80(84)82-28-14-16-32-86(82)93(88)63-77)75-51-44-70(45-52-75)79-57-58-92-95-62-73(46-61-98(95)106-101(92)99(79)71-22-6-2-7-23-71)69-38-36-66(37-39-69)68-42-49-76(50-43-68)104(78-54-56-89-85-31-13-11-27-81(85)83-29-15-17-33-87(83)94(89)64-78)96-60-59-91-90-34-18-19-35-97(90)105-102(91)100(96)72-24-8-3-9-25-72/h1-64H. The minimum atomic E-state index is 1.08. The average Bonchev–Trinajstić information content (AvgIpc) is 1.13. The molecular formula is C102H64N2S2. The summed E-state index contributed by atoms with van der Waals surface area (Å²) in [6, 6.07) is 144. The molecule has 106 heavy (non-hydrogen) atoms. The predicted octanol–water partition coefficient (Wildman–Crippen LogP) is 30.3. The summed E-state index contributed by atoms with van der Waals surface area (Å²) in [4.78, 5) is 4.90. The third-order valence-corrected chi connectivity index (χ3v) is 24.3. The van der Waals surface area contributed by atoms with Crippen LogP contribution in [0.25, 0.3) is 172 Å². The van der Waals surface area contributed by atoms with E-state index in [0.29, 0.717) is 0 Å². The first-order chi connectivity index (χ1) is 52.6. The van der Waals surface area contributed by atoms with Gasteiger partial charge >= 0.3 is 0 Å². The van der Waals surface area contributed by atoms with Crippen molar-refractivity contribution in [3.05, 3.63) is 388 Å². The predicted molar refractivity (Wildman–Crippen MR) is 459 cm³/mol. The van der Waals surface area contributed by atoms with E-state index in [9.17, 15) is 0 Å². The van der Waals surface area contributed by atoms with Gasteiger partial charge in [-0.3, -0.25) is 0 Å². The third-order valence-electron chi connectivity index (χ3n) is 21.8. The van der Waals surface area contributed by atoms with E-state index in [0.717, 1.165) is 39.7 Å². The van der Waals surface area contributed by atoms with Crippen LogP contribution in [0.3, 0.4) is 0 Å². The molecule has 2 nitrogen and oxygen atoms in total. The monoisotopic (exact) mass is 1380 g/mol. The van der Waals surface area contributed by atoms with Gasteiger partial charge in [-0.2, -0.15) is 0 Å². The molecule has 0 N–H and O–H groups in total. The summed E-state index contributed by atoms with van der Waals surface area (Å²) in [5.74, 6) is 0. The molecule has 0 aliphatic rings. The first-order valence-electron chi connectivity index (χ1n) is 36.3. The molecule has 0 saturated carbocycles. The Hall–Kier alpha value is -13.2. The molecule has 21 aromatic rings. The van der Waals surface area contributed by atoms with Gasteiger partial charge in [0.1, 0.15) is 0 Å². The minimum absolute atomic E-state index is 1.08. The first-order valence-corrected chi connectivity index (χ1v) is 38.0. The summed E-state index contributed by atoms with van der Waals surface area (Å²) in [6.45, 7) is 0. The van der Waals surface area contributed by atoms with Gasteiger partial charge in [-0.25, -0.2) is 0 Å². The van der Waals surface area contributed by atoms with Gasteiger partial charge in [0.2, 0.25) is 0 Å². The maximum absolute atomic E-state index is 2.49. The van der Waals surface area contributed by atoms with E-state index in [4.69, 9.17) is 0 Å². The maximum atomic E-state index is 2.49. The molecule has 0 radical (unpaired) electrons. The van der Waals surface area contributed by atoms with Gasteiger partial charge in [-0.05, 0) is 205 Å². The Morgan fingerprint density at radius 1 is 0.160 bits per heavy atom. The molecule has 0 fully saturated rings. The lowest BCUT2D eigenvalue weighted by Crippen LogP contribution is -2.11. The quantitative estimate of drug-likeness (QED) is 0.113. The van der Waals surface area contributed by atoms with Gasteiger partial charge in [0.15, 0.2) is 0 Å². The van der Waals surface area contributed by atoms with Crippen molar-refractivity contribution >= 4 is 162 Å². The second kappa shape index (κ2) is 25.3. The number of benzene rings is 19. The fourth-order valence-electron chi connectivity index (χ4n) is 16.8. The van der Waals surface area contributed by atoms with Gasteiger partial charge < -0.3 is 9.80 Å². The zero-order valence-corrected chi connectivity index (χ0v) is 59.3. The normalized spacial score (nSPS) is 11.8. The minimum Gasteiger partial charge on any atom is -0.310 e. The Kier molecular flexibility index (Phi) is 14.7. The van der Waals surface area contributed by atoms with Gasteiger partial charge in [0.25, 0.3) is 0 Å². The number of nitrogens with zero attached hydrogens (tertiary/aromatic N) is 2. The van der Waals surface area contributed by atoms with Crippen LogP contribution in [-0.2, 0) is 0 Å². The number of thiophene rings is 2. The largest absolute Gasteiger partial charge is 0.310 e. The molecule has 0 aliphatic heterocycles. The lowest BCUT2D eigenvalue weighted by atomic mass is 9.92. The number of fused-ring (bicyclic) bond motifs is 18. The van der Waals surface area contributed by atoms with Crippen LogP contribution in [0.2, 0.25) is 0 Å². The van der Waals surface area contributed by atoms with Crippen LogP contribution in [0.4, 0.5) is 34.1 Å². The van der Waals surface area contributed by atoms with Gasteiger partial charge in [-0.15, -0.1) is 22.7 Å². The number of rotatable bonds is 12. The fourth-order valence-corrected chi connectivity index (χ4v) is 19.3. The number of hydrogen-bond acceptors (Lipinski definition) is 4. The van der Waals surface area contributed by atoms with Crippen LogP contribution in [0.1, 0.15) is 0 Å². The lowest BCUT2D eigenvalue weighted by Gasteiger charge is -2.29. The molecular weight excluding hydrogens is 1320 g/mol. The lowest BCUT2D eigenvalue weighted by molar-refractivity contribution is 1.29. The molecule has 0 bridgehead atoms. The SMILES string of the molecule is c1ccc(-c2ccc(N(c3ccc(-c4ccc5c(sc6ccc(-c7ccc(-c8ccc(N(c9ccc%10c%11ccccc%11c%11ccccc%11c%10c9)c9ccc%10c(sc%11ccccc%11%10)c9-c9ccccc9)cc8)cc7)cc65)c4-c4ccccc4)cc3)c3ccc4c5ccccc5c5ccccc5c4c3)cc2)cc1. The summed E-state index contributed by atoms with van der Waals surface area (Å²) < 4.78 is 5.12. The van der Waals surface area contributed by atoms with E-state index in [1.165, 1.54) is 166 Å².